The number of hydrogen-bond donors (Lipinski definition) is 1. The van der Waals surface area contributed by atoms with Crippen molar-refractivity contribution in [3.63, 3.8) is 0 Å². The van der Waals surface area contributed by atoms with Gasteiger partial charge in [-0.3, -0.25) is 0 Å². The molecule has 0 fully saturated rings. The van der Waals surface area contributed by atoms with Crippen LogP contribution in [0.3, 0.4) is 0 Å². The Morgan fingerprint density at radius 1 is 1.33 bits per heavy atom. The van der Waals surface area contributed by atoms with E-state index in [1.54, 1.807) is 25.2 Å². The largest absolute Gasteiger partial charge is 0.497 e. The van der Waals surface area contributed by atoms with Gasteiger partial charge in [0.25, 0.3) is 0 Å². The van der Waals surface area contributed by atoms with Crippen LogP contribution in [-0.2, 0) is 0 Å². The molecule has 2 rings (SSSR count). The summed E-state index contributed by atoms with van der Waals surface area (Å²) in [7, 11) is 1.66. The molecule has 0 aliphatic heterocycles. The molecule has 1 heterocycles. The number of nitrogens with two attached hydrogens (primary N) is 1. The lowest BCUT2D eigenvalue weighted by Gasteiger charge is -2.19. The first-order valence-electron chi connectivity index (χ1n) is 5.53. The molecule has 0 aliphatic carbocycles. The second kappa shape index (κ2) is 6.17. The van der Waals surface area contributed by atoms with Crippen LogP contribution in [-0.4, -0.2) is 22.5 Å². The number of ether oxygens (including phenoxy) is 1. The van der Waals surface area contributed by atoms with Crippen LogP contribution < -0.4 is 10.5 Å². The zero-order chi connectivity index (χ0) is 13.0. The maximum atomic E-state index is 6.06. The van der Waals surface area contributed by atoms with E-state index >= 15 is 0 Å². The topological polar surface area (TPSA) is 61.0 Å². The number of hydrogen-bond acceptors (Lipinski definition) is 6. The van der Waals surface area contributed by atoms with Crippen molar-refractivity contribution in [1.29, 1.82) is 0 Å². The van der Waals surface area contributed by atoms with Crippen LogP contribution >= 0.6 is 23.3 Å². The van der Waals surface area contributed by atoms with Crippen molar-refractivity contribution in [3.05, 3.63) is 36.2 Å². The molecule has 2 atom stereocenters. The maximum absolute atomic E-state index is 6.06. The predicted octanol–water partition coefficient (Wildman–Crippen LogP) is 2.73. The Balaban J connectivity index is 2.18. The molecule has 2 aromatic rings. The molecule has 18 heavy (non-hydrogen) atoms. The molecule has 2 N–H and O–H groups in total. The first-order valence-corrected chi connectivity index (χ1v) is 7.19. The van der Waals surface area contributed by atoms with Crippen LogP contribution in [0.1, 0.15) is 17.7 Å². The normalized spacial score (nSPS) is 14.2. The molecule has 0 bridgehead atoms. The molecule has 0 radical (unpaired) electrons. The summed E-state index contributed by atoms with van der Waals surface area (Å²) in [6.45, 7) is 2.00. The summed E-state index contributed by atoms with van der Waals surface area (Å²) in [5, 5.41) is 0.170. The highest BCUT2D eigenvalue weighted by Crippen LogP contribution is 2.37. The van der Waals surface area contributed by atoms with Crippen LogP contribution in [0.5, 0.6) is 5.75 Å². The lowest BCUT2D eigenvalue weighted by Crippen LogP contribution is -2.22. The van der Waals surface area contributed by atoms with Crippen molar-refractivity contribution in [2.24, 2.45) is 5.73 Å². The monoisotopic (exact) mass is 281 g/mol. The van der Waals surface area contributed by atoms with Crippen LogP contribution in [0.2, 0.25) is 0 Å². The van der Waals surface area contributed by atoms with E-state index in [0.717, 1.165) is 10.1 Å². The van der Waals surface area contributed by atoms with Crippen LogP contribution in [0.15, 0.2) is 34.9 Å². The number of benzene rings is 1. The van der Waals surface area contributed by atoms with Gasteiger partial charge in [-0.1, -0.05) is 23.9 Å². The highest BCUT2D eigenvalue weighted by molar-refractivity contribution is 8.01. The van der Waals surface area contributed by atoms with Gasteiger partial charge in [0.2, 0.25) is 0 Å². The third-order valence-electron chi connectivity index (χ3n) is 2.49. The summed E-state index contributed by atoms with van der Waals surface area (Å²) in [6, 6.07) is 8.02. The zero-order valence-electron chi connectivity index (χ0n) is 10.2. The molecular weight excluding hydrogens is 266 g/mol. The third kappa shape index (κ3) is 3.22. The van der Waals surface area contributed by atoms with E-state index in [1.807, 2.05) is 31.2 Å². The van der Waals surface area contributed by atoms with Crippen molar-refractivity contribution in [1.82, 2.24) is 9.36 Å². The molecule has 1 aromatic heterocycles. The van der Waals surface area contributed by atoms with Crippen molar-refractivity contribution in [2.45, 2.75) is 22.6 Å². The van der Waals surface area contributed by atoms with E-state index < -0.39 is 0 Å². The highest BCUT2D eigenvalue weighted by atomic mass is 32.2. The molecule has 2 unspecified atom stereocenters. The van der Waals surface area contributed by atoms with Crippen LogP contribution in [0.4, 0.5) is 0 Å². The van der Waals surface area contributed by atoms with E-state index in [2.05, 4.69) is 9.36 Å². The van der Waals surface area contributed by atoms with Gasteiger partial charge in [0.15, 0.2) is 4.34 Å². The fraction of sp³-hybridized carbons (Fsp3) is 0.333. The van der Waals surface area contributed by atoms with Gasteiger partial charge in [0, 0.05) is 6.04 Å². The second-order valence-electron chi connectivity index (χ2n) is 3.88. The Morgan fingerprint density at radius 3 is 2.56 bits per heavy atom. The molecule has 0 spiro atoms. The first-order chi connectivity index (χ1) is 8.70. The molecule has 0 saturated heterocycles. The minimum Gasteiger partial charge on any atom is -0.497 e. The number of methoxy groups -OCH3 is 1. The summed E-state index contributed by atoms with van der Waals surface area (Å²) in [4.78, 5) is 4.19. The van der Waals surface area contributed by atoms with Crippen molar-refractivity contribution in [2.75, 3.05) is 7.11 Å². The minimum atomic E-state index is 0.0345. The summed E-state index contributed by atoms with van der Waals surface area (Å²) < 4.78 is 10.1. The smallest absolute Gasteiger partial charge is 0.170 e. The summed E-state index contributed by atoms with van der Waals surface area (Å²) in [6.07, 6.45) is 1.57. The Kier molecular flexibility index (Phi) is 4.57. The molecule has 1 aromatic carbocycles. The molecule has 0 amide bonds. The molecule has 0 saturated carbocycles. The lowest BCUT2D eigenvalue weighted by molar-refractivity contribution is 0.414. The molecule has 4 nitrogen and oxygen atoms in total. The SMILES string of the molecule is COc1ccc(C(Sc2ncns2)C(C)N)cc1. The average molecular weight is 281 g/mol. The van der Waals surface area contributed by atoms with Gasteiger partial charge in [-0.05, 0) is 36.2 Å². The van der Waals surface area contributed by atoms with E-state index in [1.165, 1.54) is 17.1 Å². The number of rotatable bonds is 5. The zero-order valence-corrected chi connectivity index (χ0v) is 11.9. The Labute approximate surface area is 115 Å². The molecule has 6 heteroatoms. The molecule has 96 valence electrons. The van der Waals surface area contributed by atoms with Crippen molar-refractivity contribution in [3.8, 4) is 5.75 Å². The fourth-order valence-corrected chi connectivity index (χ4v) is 3.32. The Morgan fingerprint density at radius 2 is 2.06 bits per heavy atom. The van der Waals surface area contributed by atoms with E-state index in [-0.39, 0.29) is 11.3 Å². The van der Waals surface area contributed by atoms with E-state index in [4.69, 9.17) is 10.5 Å². The number of nitrogens with zero attached hydrogens (tertiary/aromatic N) is 2. The Hall–Kier alpha value is -1.11. The number of thioether (sulfide) groups is 1. The lowest BCUT2D eigenvalue weighted by atomic mass is 10.1. The summed E-state index contributed by atoms with van der Waals surface area (Å²) in [5.74, 6) is 0.850. The maximum Gasteiger partial charge on any atom is 0.170 e. The van der Waals surface area contributed by atoms with Gasteiger partial charge in [0.05, 0.1) is 12.4 Å². The van der Waals surface area contributed by atoms with Crippen LogP contribution in [0, 0.1) is 0 Å². The molecular formula is C12H15N3OS2. The summed E-state index contributed by atoms with van der Waals surface area (Å²) >= 11 is 3.04. The highest BCUT2D eigenvalue weighted by Gasteiger charge is 2.19. The van der Waals surface area contributed by atoms with Gasteiger partial charge in [-0.15, -0.1) is 0 Å². The molecule has 0 aliphatic rings. The first kappa shape index (κ1) is 13.3. The minimum absolute atomic E-state index is 0.0345. The van der Waals surface area contributed by atoms with Gasteiger partial charge in [-0.25, -0.2) is 4.98 Å². The quantitative estimate of drug-likeness (QED) is 0.854. The third-order valence-corrected chi connectivity index (χ3v) is 4.73. The number of aromatic nitrogens is 2. The Bertz CT molecular complexity index is 471. The summed E-state index contributed by atoms with van der Waals surface area (Å²) in [5.41, 5.74) is 7.23. The van der Waals surface area contributed by atoms with Crippen LogP contribution in [0.25, 0.3) is 0 Å². The van der Waals surface area contributed by atoms with Crippen molar-refractivity contribution < 1.29 is 4.74 Å². The average Bonchev–Trinajstić information content (AvgIpc) is 2.89. The van der Waals surface area contributed by atoms with E-state index in [9.17, 15) is 0 Å². The van der Waals surface area contributed by atoms with Gasteiger partial charge >= 0.3 is 0 Å². The van der Waals surface area contributed by atoms with Gasteiger partial charge in [-0.2, -0.15) is 4.37 Å². The van der Waals surface area contributed by atoms with Gasteiger partial charge < -0.3 is 10.5 Å². The second-order valence-corrected chi connectivity index (χ2v) is 6.05. The standard InChI is InChI=1S/C12H15N3OS2/c1-8(13)11(17-12-14-7-15-18-12)9-3-5-10(16-2)6-4-9/h3-8,11H,13H2,1-2H3. The fourth-order valence-electron chi connectivity index (χ4n) is 1.60. The van der Waals surface area contributed by atoms with Gasteiger partial charge in [0.1, 0.15) is 12.1 Å². The van der Waals surface area contributed by atoms with Crippen molar-refractivity contribution >= 4 is 23.3 Å². The predicted molar refractivity (Wildman–Crippen MR) is 75.2 cm³/mol. The van der Waals surface area contributed by atoms with E-state index in [0.29, 0.717) is 0 Å².